The third-order valence-electron chi connectivity index (χ3n) is 7.53. The van der Waals surface area contributed by atoms with Gasteiger partial charge in [-0.2, -0.15) is 0 Å². The molecule has 4 fully saturated rings. The lowest BCUT2D eigenvalue weighted by atomic mass is 9.46. The Balaban J connectivity index is 1.49. The lowest BCUT2D eigenvalue weighted by Gasteiger charge is -2.61. The average molecular weight is 398 g/mol. The summed E-state index contributed by atoms with van der Waals surface area (Å²) in [6.07, 6.45) is 6.07. The molecule has 4 aliphatic carbocycles. The second-order valence-corrected chi connectivity index (χ2v) is 10.3. The highest BCUT2D eigenvalue weighted by molar-refractivity contribution is 5.84. The van der Waals surface area contributed by atoms with Crippen molar-refractivity contribution < 1.29 is 9.59 Å². The van der Waals surface area contributed by atoms with Gasteiger partial charge in [-0.25, -0.2) is 0 Å². The summed E-state index contributed by atoms with van der Waals surface area (Å²) in [5, 5.41) is 6.57. The lowest BCUT2D eigenvalue weighted by Crippen LogP contribution is -2.65. The van der Waals surface area contributed by atoms with Crippen LogP contribution in [0.1, 0.15) is 62.6 Å². The van der Waals surface area contributed by atoms with Crippen LogP contribution in [0.3, 0.4) is 0 Å². The van der Waals surface area contributed by atoms with Crippen LogP contribution in [-0.2, 0) is 9.59 Å². The zero-order valence-corrected chi connectivity index (χ0v) is 18.3. The number of hydrogen-bond acceptors (Lipinski definition) is 3. The van der Waals surface area contributed by atoms with Gasteiger partial charge < -0.3 is 15.5 Å². The van der Waals surface area contributed by atoms with Crippen molar-refractivity contribution in [2.75, 3.05) is 20.6 Å². The second-order valence-electron chi connectivity index (χ2n) is 10.3. The zero-order valence-electron chi connectivity index (χ0n) is 18.3. The standard InChI is InChI=1S/C24H35N3O2/c1-16-5-7-20(8-6-16)21(27(3)4)14-25-22(29)23-10-18-9-19(11-23)13-24(12-18,15-23)26-17(2)28/h5-8,18-19,21H,9-15H2,1-4H3,(H,25,29)(H,26,28). The van der Waals surface area contributed by atoms with Crippen molar-refractivity contribution in [3.05, 3.63) is 35.4 Å². The summed E-state index contributed by atoms with van der Waals surface area (Å²) in [6.45, 7) is 4.31. The molecule has 3 atom stereocenters. The molecule has 158 valence electrons. The average Bonchev–Trinajstić information content (AvgIpc) is 2.60. The van der Waals surface area contributed by atoms with Gasteiger partial charge in [0.25, 0.3) is 0 Å². The van der Waals surface area contributed by atoms with Crippen molar-refractivity contribution in [2.45, 2.75) is 64.0 Å². The number of rotatable bonds is 6. The minimum atomic E-state index is -0.309. The molecule has 4 bridgehead atoms. The van der Waals surface area contributed by atoms with Gasteiger partial charge in [0.2, 0.25) is 11.8 Å². The number of hydrogen-bond donors (Lipinski definition) is 2. The molecule has 5 nitrogen and oxygen atoms in total. The summed E-state index contributed by atoms with van der Waals surface area (Å²) in [4.78, 5) is 27.5. The van der Waals surface area contributed by atoms with Crippen LogP contribution in [0.4, 0.5) is 0 Å². The third kappa shape index (κ3) is 3.94. The van der Waals surface area contributed by atoms with Crippen LogP contribution in [0.5, 0.6) is 0 Å². The maximum atomic E-state index is 13.5. The van der Waals surface area contributed by atoms with E-state index in [1.165, 1.54) is 17.5 Å². The molecular weight excluding hydrogens is 362 g/mol. The number of nitrogens with one attached hydrogen (secondary N) is 2. The first-order valence-corrected chi connectivity index (χ1v) is 11.0. The van der Waals surface area contributed by atoms with Crippen molar-refractivity contribution in [1.82, 2.24) is 15.5 Å². The van der Waals surface area contributed by atoms with Crippen LogP contribution < -0.4 is 10.6 Å². The highest BCUT2D eigenvalue weighted by atomic mass is 16.2. The molecular formula is C24H35N3O2. The van der Waals surface area contributed by atoms with Gasteiger partial charge >= 0.3 is 0 Å². The van der Waals surface area contributed by atoms with E-state index in [1.54, 1.807) is 6.92 Å². The van der Waals surface area contributed by atoms with Crippen LogP contribution in [0.15, 0.2) is 24.3 Å². The molecule has 0 radical (unpaired) electrons. The van der Waals surface area contributed by atoms with E-state index in [4.69, 9.17) is 0 Å². The Bertz CT molecular complexity index is 772. The van der Waals surface area contributed by atoms with Crippen molar-refractivity contribution in [2.24, 2.45) is 17.3 Å². The number of carbonyl (C=O) groups excluding carboxylic acids is 2. The number of amides is 2. The number of aryl methyl sites for hydroxylation is 1. The predicted octanol–water partition coefficient (Wildman–Crippen LogP) is 3.19. The van der Waals surface area contributed by atoms with E-state index in [0.29, 0.717) is 18.4 Å². The smallest absolute Gasteiger partial charge is 0.226 e. The van der Waals surface area contributed by atoms with Gasteiger partial charge in [0, 0.05) is 19.0 Å². The highest BCUT2D eigenvalue weighted by Crippen LogP contribution is 2.61. The molecule has 5 rings (SSSR count). The van der Waals surface area contributed by atoms with Gasteiger partial charge in [-0.1, -0.05) is 29.8 Å². The van der Waals surface area contributed by atoms with E-state index < -0.39 is 0 Å². The molecule has 4 saturated carbocycles. The van der Waals surface area contributed by atoms with Crippen molar-refractivity contribution in [1.29, 1.82) is 0 Å². The van der Waals surface area contributed by atoms with Gasteiger partial charge in [-0.15, -0.1) is 0 Å². The van der Waals surface area contributed by atoms with Crippen LogP contribution in [0, 0.1) is 24.2 Å². The molecule has 2 amide bonds. The molecule has 29 heavy (non-hydrogen) atoms. The first-order chi connectivity index (χ1) is 13.7. The fourth-order valence-electron chi connectivity index (χ4n) is 6.81. The summed E-state index contributed by atoms with van der Waals surface area (Å²) in [6, 6.07) is 8.72. The van der Waals surface area contributed by atoms with E-state index in [9.17, 15) is 9.59 Å². The fraction of sp³-hybridized carbons (Fsp3) is 0.667. The molecule has 0 heterocycles. The molecule has 1 aromatic carbocycles. The third-order valence-corrected chi connectivity index (χ3v) is 7.53. The normalized spacial score (nSPS) is 33.6. The molecule has 5 heteroatoms. The van der Waals surface area contributed by atoms with Crippen molar-refractivity contribution >= 4 is 11.8 Å². The second kappa shape index (κ2) is 7.42. The molecule has 4 aliphatic rings. The molecule has 2 N–H and O–H groups in total. The minimum Gasteiger partial charge on any atom is -0.354 e. The molecule has 1 aromatic rings. The molecule has 0 aliphatic heterocycles. The number of nitrogens with zero attached hydrogens (tertiary/aromatic N) is 1. The Kier molecular flexibility index (Phi) is 5.22. The van der Waals surface area contributed by atoms with E-state index in [2.05, 4.69) is 60.8 Å². The Labute approximate surface area is 174 Å². The summed E-state index contributed by atoms with van der Waals surface area (Å²) < 4.78 is 0. The first kappa shape index (κ1) is 20.4. The van der Waals surface area contributed by atoms with Gasteiger partial charge in [0.15, 0.2) is 0 Å². The van der Waals surface area contributed by atoms with Crippen LogP contribution in [0.25, 0.3) is 0 Å². The van der Waals surface area contributed by atoms with Gasteiger partial charge in [0.1, 0.15) is 0 Å². The van der Waals surface area contributed by atoms with Crippen molar-refractivity contribution in [3.63, 3.8) is 0 Å². The Morgan fingerprint density at radius 2 is 1.72 bits per heavy atom. The van der Waals surface area contributed by atoms with Gasteiger partial charge in [0.05, 0.1) is 11.5 Å². The van der Waals surface area contributed by atoms with E-state index >= 15 is 0 Å². The molecule has 0 aromatic heterocycles. The van der Waals surface area contributed by atoms with Crippen LogP contribution >= 0.6 is 0 Å². The topological polar surface area (TPSA) is 61.4 Å². The van der Waals surface area contributed by atoms with E-state index in [-0.39, 0.29) is 28.8 Å². The SMILES string of the molecule is CC(=O)NC12CC3CC(C1)CC(C(=O)NCC(c1ccc(C)cc1)N(C)C)(C3)C2. The van der Waals surface area contributed by atoms with Gasteiger partial charge in [-0.3, -0.25) is 9.59 Å². The Morgan fingerprint density at radius 1 is 1.10 bits per heavy atom. The summed E-state index contributed by atoms with van der Waals surface area (Å²) in [7, 11) is 4.13. The van der Waals surface area contributed by atoms with Gasteiger partial charge in [-0.05, 0) is 76.9 Å². The minimum absolute atomic E-state index is 0.0366. The number of likely N-dealkylation sites (N-methyl/N-ethyl adjacent to an activating group) is 1. The maximum absolute atomic E-state index is 13.5. The summed E-state index contributed by atoms with van der Waals surface area (Å²) in [5.74, 6) is 1.36. The number of benzene rings is 1. The van der Waals surface area contributed by atoms with Crippen LogP contribution in [-0.4, -0.2) is 42.9 Å². The molecule has 0 saturated heterocycles. The Morgan fingerprint density at radius 3 is 2.28 bits per heavy atom. The van der Waals surface area contributed by atoms with E-state index in [1.807, 2.05) is 0 Å². The highest BCUT2D eigenvalue weighted by Gasteiger charge is 2.60. The molecule has 0 spiro atoms. The van der Waals surface area contributed by atoms with Crippen LogP contribution in [0.2, 0.25) is 0 Å². The van der Waals surface area contributed by atoms with Crippen molar-refractivity contribution in [3.8, 4) is 0 Å². The quantitative estimate of drug-likeness (QED) is 0.775. The largest absolute Gasteiger partial charge is 0.354 e. The first-order valence-electron chi connectivity index (χ1n) is 11.0. The summed E-state index contributed by atoms with van der Waals surface area (Å²) >= 11 is 0. The zero-order chi connectivity index (χ0) is 20.8. The Hall–Kier alpha value is -1.88. The number of carbonyl (C=O) groups is 2. The predicted molar refractivity (Wildman–Crippen MR) is 114 cm³/mol. The maximum Gasteiger partial charge on any atom is 0.226 e. The van der Waals surface area contributed by atoms with E-state index in [0.717, 1.165) is 32.1 Å². The summed E-state index contributed by atoms with van der Waals surface area (Å²) in [5.41, 5.74) is 2.00. The monoisotopic (exact) mass is 397 g/mol. The lowest BCUT2D eigenvalue weighted by molar-refractivity contribution is -0.153. The molecule has 3 unspecified atom stereocenters. The fourth-order valence-corrected chi connectivity index (χ4v) is 6.81.